The molecule has 0 aliphatic carbocycles. The monoisotopic (exact) mass is 315 g/mol. The largest absolute Gasteiger partial charge is 0.481 e. The molecule has 0 aliphatic rings. The minimum absolute atomic E-state index is 0.157. The number of aliphatic carboxylic acids is 1. The van der Waals surface area contributed by atoms with Crippen molar-refractivity contribution in [3.05, 3.63) is 39.6 Å². The smallest absolute Gasteiger partial charge is 0.309 e. The molecule has 1 N–H and O–H groups in total. The number of aromatic nitrogens is 3. The topological polar surface area (TPSA) is 68.0 Å². The van der Waals surface area contributed by atoms with E-state index in [1.54, 1.807) is 18.2 Å². The van der Waals surface area contributed by atoms with Crippen molar-refractivity contribution in [3.63, 3.8) is 0 Å². The summed E-state index contributed by atoms with van der Waals surface area (Å²) in [6, 6.07) is 5.25. The van der Waals surface area contributed by atoms with Crippen molar-refractivity contribution in [1.82, 2.24) is 15.0 Å². The fraction of sp³-hybridized carbons (Fsp3) is 0.100. The predicted octanol–water partition coefficient (Wildman–Crippen LogP) is 2.31. The van der Waals surface area contributed by atoms with Crippen molar-refractivity contribution in [2.24, 2.45) is 0 Å². The third-order valence-corrected chi connectivity index (χ3v) is 2.90. The second kappa shape index (κ2) is 4.85. The molecule has 17 heavy (non-hydrogen) atoms. The molecule has 5 nitrogen and oxygen atoms in total. The van der Waals surface area contributed by atoms with Crippen LogP contribution in [0.2, 0.25) is 5.02 Å². The molecule has 0 amide bonds. The van der Waals surface area contributed by atoms with Gasteiger partial charge >= 0.3 is 5.97 Å². The van der Waals surface area contributed by atoms with Gasteiger partial charge in [0.05, 0.1) is 29.0 Å². The Hall–Kier alpha value is -1.40. The van der Waals surface area contributed by atoms with E-state index in [4.69, 9.17) is 16.7 Å². The first-order valence-electron chi connectivity index (χ1n) is 4.64. The summed E-state index contributed by atoms with van der Waals surface area (Å²) in [5, 5.41) is 16.8. The number of carbonyl (C=O) groups is 1. The molecular weight excluding hydrogens is 309 g/mol. The van der Waals surface area contributed by atoms with Gasteiger partial charge in [0.25, 0.3) is 0 Å². The van der Waals surface area contributed by atoms with Gasteiger partial charge in [-0.1, -0.05) is 32.7 Å². The Morgan fingerprint density at radius 2 is 2.29 bits per heavy atom. The van der Waals surface area contributed by atoms with Crippen LogP contribution in [-0.2, 0) is 11.2 Å². The molecule has 0 spiro atoms. The number of hydrogen-bond acceptors (Lipinski definition) is 3. The molecule has 0 fully saturated rings. The van der Waals surface area contributed by atoms with Crippen LogP contribution in [0.3, 0.4) is 0 Å². The van der Waals surface area contributed by atoms with Gasteiger partial charge in [-0.25, -0.2) is 4.68 Å². The van der Waals surface area contributed by atoms with Crippen molar-refractivity contribution in [1.29, 1.82) is 0 Å². The molecule has 1 aromatic heterocycles. The van der Waals surface area contributed by atoms with E-state index in [9.17, 15) is 4.79 Å². The molecular formula is C10H7BrClN3O2. The zero-order valence-corrected chi connectivity index (χ0v) is 10.8. The van der Waals surface area contributed by atoms with Gasteiger partial charge in [0.2, 0.25) is 0 Å². The molecule has 1 aromatic carbocycles. The first kappa shape index (κ1) is 12.1. The minimum atomic E-state index is -0.945. The predicted molar refractivity (Wildman–Crippen MR) is 65.4 cm³/mol. The fourth-order valence-corrected chi connectivity index (χ4v) is 1.93. The number of benzene rings is 1. The maximum Gasteiger partial charge on any atom is 0.309 e. The number of carboxylic acids is 1. The highest BCUT2D eigenvalue weighted by molar-refractivity contribution is 9.10. The number of rotatable bonds is 3. The lowest BCUT2D eigenvalue weighted by Crippen LogP contribution is -2.08. The molecule has 2 aromatic rings. The van der Waals surface area contributed by atoms with Gasteiger partial charge in [0.1, 0.15) is 0 Å². The molecule has 2 rings (SSSR count). The minimum Gasteiger partial charge on any atom is -0.481 e. The second-order valence-corrected chi connectivity index (χ2v) is 4.63. The summed E-state index contributed by atoms with van der Waals surface area (Å²) in [6.45, 7) is 0. The van der Waals surface area contributed by atoms with Crippen molar-refractivity contribution in [2.45, 2.75) is 6.42 Å². The summed E-state index contributed by atoms with van der Waals surface area (Å²) in [5.74, 6) is -0.945. The van der Waals surface area contributed by atoms with E-state index in [0.717, 1.165) is 4.47 Å². The Morgan fingerprint density at radius 3 is 3.00 bits per heavy atom. The Balaban J connectivity index is 2.49. The van der Waals surface area contributed by atoms with Gasteiger partial charge in [-0.05, 0) is 18.2 Å². The zero-order chi connectivity index (χ0) is 12.4. The van der Waals surface area contributed by atoms with Gasteiger partial charge in [-0.15, -0.1) is 5.10 Å². The molecule has 88 valence electrons. The molecule has 1 heterocycles. The molecule has 0 bridgehead atoms. The van der Waals surface area contributed by atoms with Crippen molar-refractivity contribution >= 4 is 33.5 Å². The van der Waals surface area contributed by atoms with Crippen LogP contribution in [0.15, 0.2) is 28.9 Å². The molecule has 0 unspecified atom stereocenters. The molecule has 0 atom stereocenters. The lowest BCUT2D eigenvalue weighted by molar-refractivity contribution is -0.136. The first-order valence-corrected chi connectivity index (χ1v) is 5.82. The average molecular weight is 317 g/mol. The van der Waals surface area contributed by atoms with E-state index in [1.807, 2.05) is 0 Å². The van der Waals surface area contributed by atoms with Crippen LogP contribution in [-0.4, -0.2) is 26.1 Å². The standard InChI is InChI=1S/C10H7BrClN3O2/c11-6-1-2-8(12)9(3-6)15-7(4-10(16)17)5-13-14-15/h1-3,5H,4H2,(H,16,17). The highest BCUT2D eigenvalue weighted by atomic mass is 79.9. The van der Waals surface area contributed by atoms with E-state index in [2.05, 4.69) is 26.2 Å². The van der Waals surface area contributed by atoms with E-state index >= 15 is 0 Å². The van der Waals surface area contributed by atoms with Crippen molar-refractivity contribution in [3.8, 4) is 5.69 Å². The normalized spacial score (nSPS) is 10.5. The average Bonchev–Trinajstić information content (AvgIpc) is 2.69. The van der Waals surface area contributed by atoms with Crippen molar-refractivity contribution < 1.29 is 9.90 Å². The Bertz CT molecular complexity index is 570. The number of carboxylic acid groups (broad SMARTS) is 1. The Kier molecular flexibility index (Phi) is 3.44. The summed E-state index contributed by atoms with van der Waals surface area (Å²) in [4.78, 5) is 10.7. The van der Waals surface area contributed by atoms with Gasteiger partial charge in [-0.2, -0.15) is 0 Å². The second-order valence-electron chi connectivity index (χ2n) is 3.30. The number of hydrogen-bond donors (Lipinski definition) is 1. The number of nitrogens with zero attached hydrogens (tertiary/aromatic N) is 3. The molecule has 0 radical (unpaired) electrons. The van der Waals surface area contributed by atoms with Crippen LogP contribution in [0.5, 0.6) is 0 Å². The van der Waals surface area contributed by atoms with Gasteiger partial charge in [0.15, 0.2) is 0 Å². The van der Waals surface area contributed by atoms with E-state index in [0.29, 0.717) is 16.4 Å². The Labute approximate surface area is 110 Å². The summed E-state index contributed by atoms with van der Waals surface area (Å²) < 4.78 is 2.25. The summed E-state index contributed by atoms with van der Waals surface area (Å²) >= 11 is 9.36. The third-order valence-electron chi connectivity index (χ3n) is 2.09. The van der Waals surface area contributed by atoms with Crippen LogP contribution < -0.4 is 0 Å². The third kappa shape index (κ3) is 2.65. The van der Waals surface area contributed by atoms with Gasteiger partial charge < -0.3 is 5.11 Å². The summed E-state index contributed by atoms with van der Waals surface area (Å²) in [5.41, 5.74) is 1.06. The zero-order valence-electron chi connectivity index (χ0n) is 8.47. The maximum atomic E-state index is 10.7. The fourth-order valence-electron chi connectivity index (χ4n) is 1.38. The molecule has 0 saturated carbocycles. The van der Waals surface area contributed by atoms with Crippen LogP contribution in [0.4, 0.5) is 0 Å². The maximum absolute atomic E-state index is 10.7. The number of halogens is 2. The van der Waals surface area contributed by atoms with Crippen LogP contribution in [0.25, 0.3) is 5.69 Å². The quantitative estimate of drug-likeness (QED) is 0.943. The summed E-state index contributed by atoms with van der Waals surface area (Å²) in [7, 11) is 0. The molecule has 0 saturated heterocycles. The Morgan fingerprint density at radius 1 is 1.53 bits per heavy atom. The van der Waals surface area contributed by atoms with Crippen LogP contribution in [0.1, 0.15) is 5.69 Å². The molecule has 7 heteroatoms. The van der Waals surface area contributed by atoms with Gasteiger partial charge in [0, 0.05) is 4.47 Å². The van der Waals surface area contributed by atoms with Crippen molar-refractivity contribution in [2.75, 3.05) is 0 Å². The highest BCUT2D eigenvalue weighted by Crippen LogP contribution is 2.24. The summed E-state index contributed by atoms with van der Waals surface area (Å²) in [6.07, 6.45) is 1.25. The van der Waals surface area contributed by atoms with Gasteiger partial charge in [-0.3, -0.25) is 4.79 Å². The molecule has 0 aliphatic heterocycles. The van der Waals surface area contributed by atoms with Crippen LogP contribution >= 0.6 is 27.5 Å². The first-order chi connectivity index (χ1) is 8.08. The SMILES string of the molecule is O=C(O)Cc1cnnn1-c1cc(Br)ccc1Cl. The highest BCUT2D eigenvalue weighted by Gasteiger charge is 2.12. The lowest BCUT2D eigenvalue weighted by atomic mass is 10.3. The van der Waals surface area contributed by atoms with E-state index < -0.39 is 5.97 Å². The lowest BCUT2D eigenvalue weighted by Gasteiger charge is -2.07. The van der Waals surface area contributed by atoms with E-state index in [1.165, 1.54) is 10.9 Å². The van der Waals surface area contributed by atoms with Crippen LogP contribution in [0, 0.1) is 0 Å². The van der Waals surface area contributed by atoms with E-state index in [-0.39, 0.29) is 6.42 Å².